The molecule has 0 fully saturated rings. The lowest BCUT2D eigenvalue weighted by atomic mass is 10.0. The van der Waals surface area contributed by atoms with Crippen LogP contribution in [-0.2, 0) is 10.0 Å². The Morgan fingerprint density at radius 2 is 1.86 bits per heavy atom. The van der Waals surface area contributed by atoms with Gasteiger partial charge in [0.15, 0.2) is 0 Å². The zero-order valence-electron chi connectivity index (χ0n) is 15.2. The SMILES string of the molecule is Cc1cc(-c2cc(NS(C)(=O)=O)ccc2Oc2ccccc2C#N)c[nH]c1=O. The predicted molar refractivity (Wildman–Crippen MR) is 107 cm³/mol. The zero-order valence-corrected chi connectivity index (χ0v) is 16.0. The van der Waals surface area contributed by atoms with Crippen molar-refractivity contribution >= 4 is 15.7 Å². The van der Waals surface area contributed by atoms with Gasteiger partial charge in [-0.15, -0.1) is 0 Å². The third kappa shape index (κ3) is 4.39. The smallest absolute Gasteiger partial charge is 0.250 e. The van der Waals surface area contributed by atoms with Crippen LogP contribution < -0.4 is 15.0 Å². The van der Waals surface area contributed by atoms with Gasteiger partial charge in [-0.1, -0.05) is 12.1 Å². The van der Waals surface area contributed by atoms with Crippen molar-refractivity contribution in [3.05, 3.63) is 76.2 Å². The molecular weight excluding hydrogens is 378 g/mol. The average Bonchev–Trinajstić information content (AvgIpc) is 2.64. The molecule has 1 aromatic heterocycles. The summed E-state index contributed by atoms with van der Waals surface area (Å²) < 4.78 is 31.5. The van der Waals surface area contributed by atoms with Crippen LogP contribution in [0.25, 0.3) is 11.1 Å². The first-order chi connectivity index (χ1) is 13.3. The van der Waals surface area contributed by atoms with Crippen LogP contribution in [0.1, 0.15) is 11.1 Å². The number of aryl methyl sites for hydroxylation is 1. The highest BCUT2D eigenvalue weighted by Crippen LogP contribution is 2.36. The molecule has 2 aromatic carbocycles. The maximum atomic E-state index is 11.7. The van der Waals surface area contributed by atoms with Crippen LogP contribution in [0, 0.1) is 18.3 Å². The standard InChI is InChI=1S/C20H17N3O4S/c1-13-9-15(12-22-20(13)24)17-10-16(23-28(2,25)26)7-8-19(17)27-18-6-4-3-5-14(18)11-21/h3-10,12,23H,1-2H3,(H,22,24). The number of nitrogens with zero attached hydrogens (tertiary/aromatic N) is 1. The number of hydrogen-bond acceptors (Lipinski definition) is 5. The van der Waals surface area contributed by atoms with Crippen LogP contribution in [0.5, 0.6) is 11.5 Å². The Kier molecular flexibility index (Phi) is 5.20. The molecule has 28 heavy (non-hydrogen) atoms. The summed E-state index contributed by atoms with van der Waals surface area (Å²) in [5.74, 6) is 0.782. The van der Waals surface area contributed by atoms with Crippen LogP contribution in [0.3, 0.4) is 0 Å². The number of aromatic amines is 1. The Labute approximate surface area is 162 Å². The number of benzene rings is 2. The van der Waals surface area contributed by atoms with Crippen molar-refractivity contribution in [3.8, 4) is 28.7 Å². The molecule has 0 atom stereocenters. The van der Waals surface area contributed by atoms with Crippen LogP contribution in [-0.4, -0.2) is 19.7 Å². The number of nitriles is 1. The number of pyridine rings is 1. The maximum absolute atomic E-state index is 11.7. The summed E-state index contributed by atoms with van der Waals surface area (Å²) in [6.07, 6.45) is 2.59. The zero-order chi connectivity index (χ0) is 20.3. The topological polar surface area (TPSA) is 112 Å². The Balaban J connectivity index is 2.14. The minimum Gasteiger partial charge on any atom is -0.455 e. The second kappa shape index (κ2) is 7.58. The maximum Gasteiger partial charge on any atom is 0.250 e. The van der Waals surface area contributed by atoms with E-state index in [1.165, 1.54) is 6.20 Å². The summed E-state index contributed by atoms with van der Waals surface area (Å²) >= 11 is 0. The number of nitrogens with one attached hydrogen (secondary N) is 2. The molecule has 0 saturated carbocycles. The first-order valence-corrected chi connectivity index (χ1v) is 10.1. The van der Waals surface area contributed by atoms with Crippen molar-refractivity contribution < 1.29 is 13.2 Å². The van der Waals surface area contributed by atoms with E-state index in [9.17, 15) is 18.5 Å². The van der Waals surface area contributed by atoms with E-state index in [0.29, 0.717) is 39.4 Å². The van der Waals surface area contributed by atoms with E-state index in [4.69, 9.17) is 4.74 Å². The van der Waals surface area contributed by atoms with Crippen LogP contribution in [0.4, 0.5) is 5.69 Å². The molecule has 142 valence electrons. The fourth-order valence-electron chi connectivity index (χ4n) is 2.64. The monoisotopic (exact) mass is 395 g/mol. The van der Waals surface area contributed by atoms with Gasteiger partial charge in [0.2, 0.25) is 10.0 Å². The van der Waals surface area contributed by atoms with Gasteiger partial charge in [0.1, 0.15) is 17.6 Å². The quantitative estimate of drug-likeness (QED) is 0.688. The number of hydrogen-bond donors (Lipinski definition) is 2. The lowest BCUT2D eigenvalue weighted by Crippen LogP contribution is -2.10. The Morgan fingerprint density at radius 3 is 2.54 bits per heavy atom. The molecule has 0 radical (unpaired) electrons. The van der Waals surface area contributed by atoms with Gasteiger partial charge in [0, 0.05) is 28.6 Å². The molecular formula is C20H17N3O4S. The van der Waals surface area contributed by atoms with Crippen LogP contribution >= 0.6 is 0 Å². The Morgan fingerprint density at radius 1 is 1.11 bits per heavy atom. The molecule has 0 bridgehead atoms. The van der Waals surface area contributed by atoms with Gasteiger partial charge in [-0.2, -0.15) is 5.26 Å². The second-order valence-electron chi connectivity index (χ2n) is 6.20. The third-order valence-electron chi connectivity index (χ3n) is 3.91. The number of aromatic nitrogens is 1. The Hall–Kier alpha value is -3.57. The summed E-state index contributed by atoms with van der Waals surface area (Å²) in [4.78, 5) is 14.3. The highest BCUT2D eigenvalue weighted by molar-refractivity contribution is 7.92. The van der Waals surface area contributed by atoms with Gasteiger partial charge in [0.25, 0.3) is 5.56 Å². The molecule has 2 N–H and O–H groups in total. The molecule has 7 nitrogen and oxygen atoms in total. The van der Waals surface area contributed by atoms with Crippen molar-refractivity contribution in [3.63, 3.8) is 0 Å². The van der Waals surface area contributed by atoms with Crippen molar-refractivity contribution in [2.24, 2.45) is 0 Å². The van der Waals surface area contributed by atoms with E-state index in [2.05, 4.69) is 15.8 Å². The fourth-order valence-corrected chi connectivity index (χ4v) is 3.20. The normalized spacial score (nSPS) is 10.9. The first-order valence-electron chi connectivity index (χ1n) is 8.25. The molecule has 0 saturated heterocycles. The molecule has 0 aliphatic heterocycles. The average molecular weight is 395 g/mol. The largest absolute Gasteiger partial charge is 0.455 e. The van der Waals surface area contributed by atoms with E-state index in [0.717, 1.165) is 6.26 Å². The molecule has 3 aromatic rings. The van der Waals surface area contributed by atoms with E-state index in [1.54, 1.807) is 55.5 Å². The van der Waals surface area contributed by atoms with Gasteiger partial charge in [-0.25, -0.2) is 8.42 Å². The van der Waals surface area contributed by atoms with Crippen LogP contribution in [0.15, 0.2) is 59.5 Å². The number of H-pyrrole nitrogens is 1. The molecule has 0 spiro atoms. The highest BCUT2D eigenvalue weighted by Gasteiger charge is 2.13. The summed E-state index contributed by atoms with van der Waals surface area (Å²) in [6, 6.07) is 15.3. The first kappa shape index (κ1) is 19.2. The van der Waals surface area contributed by atoms with Gasteiger partial charge in [-0.05, 0) is 43.3 Å². The van der Waals surface area contributed by atoms with E-state index >= 15 is 0 Å². The van der Waals surface area contributed by atoms with Crippen molar-refractivity contribution in [1.82, 2.24) is 4.98 Å². The van der Waals surface area contributed by atoms with E-state index in [-0.39, 0.29) is 5.56 Å². The fraction of sp³-hybridized carbons (Fsp3) is 0.100. The molecule has 0 amide bonds. The van der Waals surface area contributed by atoms with Crippen molar-refractivity contribution in [2.45, 2.75) is 6.92 Å². The minimum atomic E-state index is -3.47. The minimum absolute atomic E-state index is 0.216. The van der Waals surface area contributed by atoms with Crippen molar-refractivity contribution in [2.75, 3.05) is 11.0 Å². The summed E-state index contributed by atoms with van der Waals surface area (Å²) in [7, 11) is -3.47. The number of rotatable bonds is 5. The number of sulfonamides is 1. The molecule has 0 unspecified atom stereocenters. The predicted octanol–water partition coefficient (Wildman–Crippen LogP) is 3.39. The summed E-state index contributed by atoms with van der Waals surface area (Å²) in [6.45, 7) is 1.67. The van der Waals surface area contributed by atoms with Crippen molar-refractivity contribution in [1.29, 1.82) is 5.26 Å². The number of para-hydroxylation sites is 1. The van der Waals surface area contributed by atoms with Gasteiger partial charge < -0.3 is 9.72 Å². The highest BCUT2D eigenvalue weighted by atomic mass is 32.2. The number of ether oxygens (including phenoxy) is 1. The molecule has 3 rings (SSSR count). The van der Waals surface area contributed by atoms with Gasteiger partial charge in [-0.3, -0.25) is 9.52 Å². The van der Waals surface area contributed by atoms with Gasteiger partial charge >= 0.3 is 0 Å². The lowest BCUT2D eigenvalue weighted by Gasteiger charge is -2.15. The second-order valence-corrected chi connectivity index (χ2v) is 7.94. The van der Waals surface area contributed by atoms with E-state index in [1.807, 2.05) is 0 Å². The Bertz CT molecular complexity index is 1240. The lowest BCUT2D eigenvalue weighted by molar-refractivity contribution is 0.483. The molecule has 0 aliphatic carbocycles. The summed E-state index contributed by atoms with van der Waals surface area (Å²) in [5.41, 5.74) is 2.19. The third-order valence-corrected chi connectivity index (χ3v) is 4.52. The molecule has 8 heteroatoms. The van der Waals surface area contributed by atoms with Gasteiger partial charge in [0.05, 0.1) is 11.8 Å². The van der Waals surface area contributed by atoms with E-state index < -0.39 is 10.0 Å². The number of anilines is 1. The molecule has 1 heterocycles. The van der Waals surface area contributed by atoms with Crippen LogP contribution in [0.2, 0.25) is 0 Å². The molecule has 0 aliphatic rings. The summed E-state index contributed by atoms with van der Waals surface area (Å²) in [5, 5.41) is 9.27.